The third kappa shape index (κ3) is 2.62. The van der Waals surface area contributed by atoms with Gasteiger partial charge in [-0.15, -0.1) is 5.92 Å². The van der Waals surface area contributed by atoms with E-state index in [9.17, 15) is 9.59 Å². The molecule has 1 aromatic rings. The van der Waals surface area contributed by atoms with Crippen LogP contribution in [-0.4, -0.2) is 44.1 Å². The van der Waals surface area contributed by atoms with Crippen LogP contribution in [0.2, 0.25) is 0 Å². The van der Waals surface area contributed by atoms with E-state index in [1.54, 1.807) is 14.0 Å². The van der Waals surface area contributed by atoms with E-state index in [1.807, 2.05) is 25.1 Å². The Bertz CT molecular complexity index is 848. The second-order valence-corrected chi connectivity index (χ2v) is 7.67. The summed E-state index contributed by atoms with van der Waals surface area (Å²) in [6.07, 6.45) is 1.45. The second kappa shape index (κ2) is 6.78. The molecule has 0 N–H and O–H groups in total. The van der Waals surface area contributed by atoms with Crippen LogP contribution in [0.4, 0.5) is 0 Å². The largest absolute Gasteiger partial charge is 0.491 e. The van der Waals surface area contributed by atoms with Gasteiger partial charge in [-0.2, -0.15) is 0 Å². The number of Topliss-reactive ketones (excluding diaryl/α,β-unsaturated/α-hetero) is 2. The number of hydrogen-bond donors (Lipinski definition) is 0. The van der Waals surface area contributed by atoms with Crippen LogP contribution in [0.5, 0.6) is 5.75 Å². The topological polar surface area (TPSA) is 61.8 Å². The molecule has 0 aromatic heterocycles. The zero-order valence-electron chi connectivity index (χ0n) is 15.9. The Morgan fingerprint density at radius 2 is 2.07 bits per heavy atom. The highest BCUT2D eigenvalue weighted by atomic mass is 16.5. The van der Waals surface area contributed by atoms with Gasteiger partial charge in [-0.1, -0.05) is 12.0 Å². The Hall–Kier alpha value is -2.16. The van der Waals surface area contributed by atoms with Crippen molar-refractivity contribution in [2.45, 2.75) is 44.8 Å². The number of ether oxygens (including phenoxy) is 3. The average Bonchev–Trinajstić information content (AvgIpc) is 3.28. The fourth-order valence-corrected chi connectivity index (χ4v) is 5.00. The Morgan fingerprint density at radius 1 is 1.26 bits per heavy atom. The van der Waals surface area contributed by atoms with Crippen molar-refractivity contribution in [1.82, 2.24) is 0 Å². The molecule has 3 fully saturated rings. The molecule has 142 valence electrons. The molecule has 4 unspecified atom stereocenters. The van der Waals surface area contributed by atoms with Crippen molar-refractivity contribution in [3.05, 3.63) is 29.3 Å². The summed E-state index contributed by atoms with van der Waals surface area (Å²) in [5.41, 5.74) is 0.718. The Balaban J connectivity index is 1.73. The molecule has 2 heterocycles. The van der Waals surface area contributed by atoms with Crippen molar-refractivity contribution in [1.29, 1.82) is 0 Å². The maximum atomic E-state index is 13.4. The minimum Gasteiger partial charge on any atom is -0.491 e. The number of benzene rings is 1. The van der Waals surface area contributed by atoms with E-state index in [-0.39, 0.29) is 29.7 Å². The number of carbonyl (C=O) groups is 2. The molecule has 1 aromatic carbocycles. The first kappa shape index (κ1) is 18.2. The molecule has 3 aliphatic rings. The van der Waals surface area contributed by atoms with Crippen molar-refractivity contribution in [2.24, 2.45) is 11.3 Å². The lowest BCUT2D eigenvalue weighted by Gasteiger charge is -2.29. The molecule has 27 heavy (non-hydrogen) atoms. The van der Waals surface area contributed by atoms with Crippen molar-refractivity contribution in [3.8, 4) is 17.6 Å². The molecule has 1 saturated carbocycles. The van der Waals surface area contributed by atoms with Gasteiger partial charge in [-0.3, -0.25) is 9.59 Å². The van der Waals surface area contributed by atoms with E-state index in [0.717, 1.165) is 18.4 Å². The standard InChI is InChI=1S/C22H24O5/c1-4-5-13-6-7-14(16(12-13)26-11-10-25-3)18-20(23)19-15-8-9-17(27-15)22(19,2)21(18)24/h6-7,12,15,17-19H,8-11H2,1-3H3/t15?,17?,18?,19?,22-/m1/s1. The van der Waals surface area contributed by atoms with Crippen LogP contribution in [0, 0.1) is 23.2 Å². The van der Waals surface area contributed by atoms with Gasteiger partial charge < -0.3 is 14.2 Å². The molecular weight excluding hydrogens is 344 g/mol. The molecule has 1 aliphatic carbocycles. The molecule has 4 rings (SSSR count). The maximum Gasteiger partial charge on any atom is 0.157 e. The fraction of sp³-hybridized carbons (Fsp3) is 0.545. The predicted molar refractivity (Wildman–Crippen MR) is 98.6 cm³/mol. The number of rotatable bonds is 5. The van der Waals surface area contributed by atoms with Crippen LogP contribution < -0.4 is 4.74 Å². The minimum absolute atomic E-state index is 0.0272. The van der Waals surface area contributed by atoms with Crippen LogP contribution in [0.1, 0.15) is 43.7 Å². The van der Waals surface area contributed by atoms with Gasteiger partial charge in [0.05, 0.1) is 30.1 Å². The van der Waals surface area contributed by atoms with Gasteiger partial charge in [0.1, 0.15) is 18.3 Å². The highest BCUT2D eigenvalue weighted by Gasteiger charge is 2.70. The van der Waals surface area contributed by atoms with Gasteiger partial charge in [-0.25, -0.2) is 0 Å². The smallest absolute Gasteiger partial charge is 0.157 e. The van der Waals surface area contributed by atoms with Gasteiger partial charge in [0.2, 0.25) is 0 Å². The lowest BCUT2D eigenvalue weighted by atomic mass is 9.69. The molecule has 5 nitrogen and oxygen atoms in total. The molecular formula is C22H24O5. The van der Waals surface area contributed by atoms with E-state index in [4.69, 9.17) is 14.2 Å². The number of ketones is 2. The lowest BCUT2D eigenvalue weighted by molar-refractivity contribution is -0.130. The molecule has 2 bridgehead atoms. The highest BCUT2D eigenvalue weighted by molar-refractivity contribution is 6.19. The maximum absolute atomic E-state index is 13.4. The summed E-state index contributed by atoms with van der Waals surface area (Å²) in [7, 11) is 1.60. The quantitative estimate of drug-likeness (QED) is 0.454. The van der Waals surface area contributed by atoms with Crippen molar-refractivity contribution < 1.29 is 23.8 Å². The van der Waals surface area contributed by atoms with E-state index in [2.05, 4.69) is 11.8 Å². The predicted octanol–water partition coefficient (Wildman–Crippen LogP) is 2.50. The number of carbonyl (C=O) groups excluding carboxylic acids is 2. The van der Waals surface area contributed by atoms with Gasteiger partial charge in [0.15, 0.2) is 11.6 Å². The Kier molecular flexibility index (Phi) is 4.57. The number of methoxy groups -OCH3 is 1. The Labute approximate surface area is 159 Å². The SMILES string of the molecule is CC#Cc1ccc(C2C(=O)C3C4CCC(O4)[C@@]3(C)C2=O)c(OCCOC)c1. The summed E-state index contributed by atoms with van der Waals surface area (Å²) in [4.78, 5) is 26.7. The second-order valence-electron chi connectivity index (χ2n) is 7.67. The molecule has 2 aliphatic heterocycles. The first-order valence-corrected chi connectivity index (χ1v) is 9.44. The third-order valence-electron chi connectivity index (χ3n) is 6.26. The zero-order valence-corrected chi connectivity index (χ0v) is 15.9. The monoisotopic (exact) mass is 368 g/mol. The van der Waals surface area contributed by atoms with Crippen LogP contribution >= 0.6 is 0 Å². The summed E-state index contributed by atoms with van der Waals surface area (Å²) in [5.74, 6) is 5.22. The van der Waals surface area contributed by atoms with Crippen LogP contribution in [-0.2, 0) is 19.1 Å². The summed E-state index contributed by atoms with van der Waals surface area (Å²) >= 11 is 0. The molecule has 0 spiro atoms. The van der Waals surface area contributed by atoms with E-state index < -0.39 is 11.3 Å². The summed E-state index contributed by atoms with van der Waals surface area (Å²) in [5, 5.41) is 0. The van der Waals surface area contributed by atoms with E-state index in [0.29, 0.717) is 24.5 Å². The molecule has 5 heteroatoms. The van der Waals surface area contributed by atoms with E-state index in [1.165, 1.54) is 0 Å². The van der Waals surface area contributed by atoms with Crippen molar-refractivity contribution in [2.75, 3.05) is 20.3 Å². The summed E-state index contributed by atoms with van der Waals surface area (Å²) in [6.45, 7) is 4.44. The van der Waals surface area contributed by atoms with Gasteiger partial charge >= 0.3 is 0 Å². The van der Waals surface area contributed by atoms with Crippen molar-refractivity contribution >= 4 is 11.6 Å². The van der Waals surface area contributed by atoms with E-state index >= 15 is 0 Å². The average molecular weight is 368 g/mol. The van der Waals surface area contributed by atoms with Gasteiger partial charge in [0.25, 0.3) is 0 Å². The minimum atomic E-state index is -0.784. The highest BCUT2D eigenvalue weighted by Crippen LogP contribution is 2.60. The van der Waals surface area contributed by atoms with Crippen LogP contribution in [0.25, 0.3) is 0 Å². The molecule has 0 radical (unpaired) electrons. The Morgan fingerprint density at radius 3 is 2.78 bits per heavy atom. The molecule has 5 atom stereocenters. The zero-order chi connectivity index (χ0) is 19.2. The fourth-order valence-electron chi connectivity index (χ4n) is 5.00. The van der Waals surface area contributed by atoms with Gasteiger partial charge in [-0.05, 0) is 38.8 Å². The summed E-state index contributed by atoms with van der Waals surface area (Å²) < 4.78 is 16.8. The number of fused-ring (bicyclic) bond motifs is 5. The number of hydrogen-bond acceptors (Lipinski definition) is 5. The van der Waals surface area contributed by atoms with Gasteiger partial charge in [0, 0.05) is 18.2 Å². The first-order valence-electron chi connectivity index (χ1n) is 9.44. The lowest BCUT2D eigenvalue weighted by Crippen LogP contribution is -2.40. The third-order valence-corrected chi connectivity index (χ3v) is 6.26. The molecule has 2 saturated heterocycles. The molecule has 0 amide bonds. The van der Waals surface area contributed by atoms with Crippen LogP contribution in [0.3, 0.4) is 0 Å². The normalized spacial score (nSPS) is 33.7. The van der Waals surface area contributed by atoms with Crippen LogP contribution in [0.15, 0.2) is 18.2 Å². The first-order chi connectivity index (χ1) is 13.0. The van der Waals surface area contributed by atoms with Crippen molar-refractivity contribution in [3.63, 3.8) is 0 Å². The summed E-state index contributed by atoms with van der Waals surface area (Å²) in [6, 6.07) is 5.47.